The second kappa shape index (κ2) is 6.35. The van der Waals surface area contributed by atoms with Crippen molar-refractivity contribution >= 4 is 21.6 Å². The Hall–Kier alpha value is -0.750. The van der Waals surface area contributed by atoms with Crippen LogP contribution in [0.15, 0.2) is 22.7 Å². The standard InChI is InChI=1S/C14H17BrF3NO/c1-20-11-4-2-3-9(7-11)19-10-5-6-13(15)12(8-10)14(16,17)18/h5-6,8-9,11,19H,2-4,7H2,1H3. The third-order valence-corrected chi connectivity index (χ3v) is 4.29. The van der Waals surface area contributed by atoms with E-state index in [0.717, 1.165) is 31.7 Å². The van der Waals surface area contributed by atoms with Gasteiger partial charge < -0.3 is 10.1 Å². The van der Waals surface area contributed by atoms with Crippen molar-refractivity contribution in [3.8, 4) is 0 Å². The maximum atomic E-state index is 12.8. The fourth-order valence-electron chi connectivity index (χ4n) is 2.56. The number of hydrogen-bond acceptors (Lipinski definition) is 2. The predicted octanol–water partition coefficient (Wildman–Crippen LogP) is 4.84. The van der Waals surface area contributed by atoms with Crippen molar-refractivity contribution < 1.29 is 17.9 Å². The van der Waals surface area contributed by atoms with Gasteiger partial charge in [-0.25, -0.2) is 0 Å². The van der Waals surface area contributed by atoms with E-state index in [2.05, 4.69) is 21.2 Å². The quantitative estimate of drug-likeness (QED) is 0.841. The highest BCUT2D eigenvalue weighted by Crippen LogP contribution is 2.36. The number of methoxy groups -OCH3 is 1. The molecule has 2 unspecified atom stereocenters. The number of ether oxygens (including phenoxy) is 1. The van der Waals surface area contributed by atoms with Gasteiger partial charge in [-0.1, -0.05) is 15.9 Å². The molecular formula is C14H17BrF3NO. The van der Waals surface area contributed by atoms with E-state index in [1.165, 1.54) is 6.07 Å². The fourth-order valence-corrected chi connectivity index (χ4v) is 3.03. The molecular weight excluding hydrogens is 335 g/mol. The molecule has 1 aliphatic carbocycles. The highest BCUT2D eigenvalue weighted by atomic mass is 79.9. The summed E-state index contributed by atoms with van der Waals surface area (Å²) in [7, 11) is 1.68. The van der Waals surface area contributed by atoms with Crippen LogP contribution in [0.2, 0.25) is 0 Å². The first-order chi connectivity index (χ1) is 9.40. The van der Waals surface area contributed by atoms with E-state index in [1.54, 1.807) is 13.2 Å². The summed E-state index contributed by atoms with van der Waals surface area (Å²) in [5.74, 6) is 0. The zero-order valence-electron chi connectivity index (χ0n) is 11.1. The number of rotatable bonds is 3. The van der Waals surface area contributed by atoms with Crippen LogP contribution >= 0.6 is 15.9 Å². The Bertz CT molecular complexity index is 464. The Balaban J connectivity index is 2.10. The molecule has 20 heavy (non-hydrogen) atoms. The van der Waals surface area contributed by atoms with Gasteiger partial charge in [-0.05, 0) is 43.9 Å². The number of hydrogen-bond donors (Lipinski definition) is 1. The molecule has 1 N–H and O–H groups in total. The lowest BCUT2D eigenvalue weighted by Gasteiger charge is -2.29. The topological polar surface area (TPSA) is 21.3 Å². The van der Waals surface area contributed by atoms with Gasteiger partial charge >= 0.3 is 6.18 Å². The minimum absolute atomic E-state index is 0.0639. The van der Waals surface area contributed by atoms with Crippen LogP contribution in [0, 0.1) is 0 Å². The highest BCUT2D eigenvalue weighted by molar-refractivity contribution is 9.10. The van der Waals surface area contributed by atoms with Crippen molar-refractivity contribution in [2.45, 2.75) is 44.0 Å². The predicted molar refractivity (Wildman–Crippen MR) is 75.8 cm³/mol. The van der Waals surface area contributed by atoms with Gasteiger partial charge in [-0.15, -0.1) is 0 Å². The lowest BCUT2D eigenvalue weighted by Crippen LogP contribution is -2.31. The molecule has 1 aromatic rings. The van der Waals surface area contributed by atoms with Crippen molar-refractivity contribution in [2.24, 2.45) is 0 Å². The summed E-state index contributed by atoms with van der Waals surface area (Å²) in [5.41, 5.74) is -0.149. The van der Waals surface area contributed by atoms with Crippen LogP contribution in [0.4, 0.5) is 18.9 Å². The number of benzene rings is 1. The lowest BCUT2D eigenvalue weighted by atomic mass is 9.92. The highest BCUT2D eigenvalue weighted by Gasteiger charge is 2.33. The summed E-state index contributed by atoms with van der Waals surface area (Å²) in [6.45, 7) is 0. The summed E-state index contributed by atoms with van der Waals surface area (Å²) >= 11 is 2.94. The maximum Gasteiger partial charge on any atom is 0.417 e. The van der Waals surface area contributed by atoms with Crippen LogP contribution in [-0.2, 0) is 10.9 Å². The number of nitrogens with one attached hydrogen (secondary N) is 1. The van der Waals surface area contributed by atoms with E-state index in [1.807, 2.05) is 0 Å². The molecule has 2 nitrogen and oxygen atoms in total. The number of alkyl halides is 3. The molecule has 1 aliphatic rings. The van der Waals surface area contributed by atoms with Crippen LogP contribution in [-0.4, -0.2) is 19.3 Å². The van der Waals surface area contributed by atoms with Gasteiger partial charge in [-0.3, -0.25) is 0 Å². The van der Waals surface area contributed by atoms with Crippen LogP contribution in [0.1, 0.15) is 31.2 Å². The Kier molecular flexibility index (Phi) is 4.96. The third kappa shape index (κ3) is 3.88. The maximum absolute atomic E-state index is 12.8. The van der Waals surface area contributed by atoms with Gasteiger partial charge in [0, 0.05) is 23.3 Å². The van der Waals surface area contributed by atoms with Crippen molar-refractivity contribution in [1.82, 2.24) is 0 Å². The number of anilines is 1. The van der Waals surface area contributed by atoms with Crippen LogP contribution in [0.5, 0.6) is 0 Å². The van der Waals surface area contributed by atoms with Gasteiger partial charge in [0.05, 0.1) is 11.7 Å². The van der Waals surface area contributed by atoms with Gasteiger partial charge in [0.25, 0.3) is 0 Å². The minimum Gasteiger partial charge on any atom is -0.382 e. The van der Waals surface area contributed by atoms with Crippen LogP contribution in [0.25, 0.3) is 0 Å². The average molecular weight is 352 g/mol. The molecule has 1 fully saturated rings. The monoisotopic (exact) mass is 351 g/mol. The summed E-state index contributed by atoms with van der Waals surface area (Å²) in [6, 6.07) is 4.41. The molecule has 0 aromatic heterocycles. The first kappa shape index (κ1) is 15.6. The summed E-state index contributed by atoms with van der Waals surface area (Å²) in [6.07, 6.45) is -0.330. The van der Waals surface area contributed by atoms with Crippen LogP contribution in [0.3, 0.4) is 0 Å². The molecule has 112 valence electrons. The summed E-state index contributed by atoms with van der Waals surface area (Å²) < 4.78 is 43.9. The molecule has 6 heteroatoms. The van der Waals surface area contributed by atoms with Gasteiger partial charge in [-0.2, -0.15) is 13.2 Å². The smallest absolute Gasteiger partial charge is 0.382 e. The van der Waals surface area contributed by atoms with Crippen molar-refractivity contribution in [1.29, 1.82) is 0 Å². The molecule has 0 radical (unpaired) electrons. The molecule has 0 amide bonds. The molecule has 0 saturated heterocycles. The largest absolute Gasteiger partial charge is 0.417 e. The third-order valence-electron chi connectivity index (χ3n) is 3.60. The van der Waals surface area contributed by atoms with Crippen molar-refractivity contribution in [2.75, 3.05) is 12.4 Å². The molecule has 0 spiro atoms. The molecule has 0 heterocycles. The Morgan fingerprint density at radius 2 is 2.05 bits per heavy atom. The molecule has 2 rings (SSSR count). The van der Waals surface area contributed by atoms with E-state index < -0.39 is 11.7 Å². The molecule has 2 atom stereocenters. The molecule has 0 bridgehead atoms. The van der Waals surface area contributed by atoms with E-state index in [-0.39, 0.29) is 16.6 Å². The summed E-state index contributed by atoms with van der Waals surface area (Å²) in [5, 5.41) is 3.18. The normalized spacial score (nSPS) is 23.6. The van der Waals surface area contributed by atoms with E-state index in [9.17, 15) is 13.2 Å². The Morgan fingerprint density at radius 3 is 2.70 bits per heavy atom. The van der Waals surface area contributed by atoms with Gasteiger partial charge in [0.15, 0.2) is 0 Å². The Morgan fingerprint density at radius 1 is 1.30 bits per heavy atom. The van der Waals surface area contributed by atoms with Crippen molar-refractivity contribution in [3.63, 3.8) is 0 Å². The second-order valence-corrected chi connectivity index (χ2v) is 5.91. The van der Waals surface area contributed by atoms with Crippen molar-refractivity contribution in [3.05, 3.63) is 28.2 Å². The minimum atomic E-state index is -4.35. The van der Waals surface area contributed by atoms with E-state index >= 15 is 0 Å². The Labute approximate surface area is 124 Å². The molecule has 1 saturated carbocycles. The average Bonchev–Trinajstić information content (AvgIpc) is 2.40. The SMILES string of the molecule is COC1CCCC(Nc2ccc(Br)c(C(F)(F)F)c2)C1. The second-order valence-electron chi connectivity index (χ2n) is 5.06. The van der Waals surface area contributed by atoms with E-state index in [4.69, 9.17) is 4.74 Å². The molecule has 0 aliphatic heterocycles. The first-order valence-electron chi connectivity index (χ1n) is 6.56. The van der Waals surface area contributed by atoms with Crippen LogP contribution < -0.4 is 5.32 Å². The molecule has 1 aromatic carbocycles. The number of halogens is 4. The fraction of sp³-hybridized carbons (Fsp3) is 0.571. The summed E-state index contributed by atoms with van der Waals surface area (Å²) in [4.78, 5) is 0. The van der Waals surface area contributed by atoms with Gasteiger partial charge in [0.1, 0.15) is 0 Å². The first-order valence-corrected chi connectivity index (χ1v) is 7.35. The zero-order valence-corrected chi connectivity index (χ0v) is 12.7. The van der Waals surface area contributed by atoms with E-state index in [0.29, 0.717) is 5.69 Å². The van der Waals surface area contributed by atoms with Gasteiger partial charge in [0.2, 0.25) is 0 Å². The lowest BCUT2D eigenvalue weighted by molar-refractivity contribution is -0.138. The zero-order chi connectivity index (χ0) is 14.8.